The summed E-state index contributed by atoms with van der Waals surface area (Å²) in [5, 5.41) is 3.26. The van der Waals surface area contributed by atoms with Gasteiger partial charge in [0.25, 0.3) is 0 Å². The molecule has 2 aromatic heterocycles. The molecule has 5 heteroatoms. The van der Waals surface area contributed by atoms with Crippen LogP contribution in [0.1, 0.15) is 24.0 Å². The van der Waals surface area contributed by atoms with Gasteiger partial charge in [0.15, 0.2) is 0 Å². The van der Waals surface area contributed by atoms with Gasteiger partial charge in [-0.05, 0) is 62.0 Å². The molecular weight excluding hydrogens is 314 g/mol. The molecule has 0 aliphatic carbocycles. The van der Waals surface area contributed by atoms with E-state index in [2.05, 4.69) is 21.3 Å². The molecule has 25 heavy (non-hydrogen) atoms. The van der Waals surface area contributed by atoms with Crippen molar-refractivity contribution in [3.63, 3.8) is 0 Å². The van der Waals surface area contributed by atoms with Crippen molar-refractivity contribution in [1.29, 1.82) is 0 Å². The fraction of sp³-hybridized carbons (Fsp3) is 0.400. The fourth-order valence-corrected chi connectivity index (χ4v) is 4.14. The molecule has 0 saturated carbocycles. The van der Waals surface area contributed by atoms with Crippen molar-refractivity contribution in [1.82, 2.24) is 15.2 Å². The van der Waals surface area contributed by atoms with Gasteiger partial charge in [-0.3, -0.25) is 14.7 Å². The van der Waals surface area contributed by atoms with E-state index in [1.54, 1.807) is 30.9 Å². The van der Waals surface area contributed by atoms with Gasteiger partial charge in [-0.25, -0.2) is 0 Å². The Bertz CT molecular complexity index is 719. The van der Waals surface area contributed by atoms with E-state index >= 15 is 0 Å². The van der Waals surface area contributed by atoms with E-state index in [0.717, 1.165) is 25.1 Å². The van der Waals surface area contributed by atoms with Crippen molar-refractivity contribution in [3.8, 4) is 0 Å². The van der Waals surface area contributed by atoms with E-state index < -0.39 is 0 Å². The molecule has 5 rings (SSSR count). The second-order valence-electron chi connectivity index (χ2n) is 6.93. The molecule has 1 amide bonds. The molecule has 5 heterocycles. The van der Waals surface area contributed by atoms with E-state index in [4.69, 9.17) is 4.42 Å². The monoisotopic (exact) mass is 337 g/mol. The number of pyridine rings is 1. The summed E-state index contributed by atoms with van der Waals surface area (Å²) in [6.45, 7) is 2.26. The summed E-state index contributed by atoms with van der Waals surface area (Å²) in [6, 6.07) is 6.48. The molecule has 0 radical (unpaired) electrons. The number of fused-ring (bicyclic) bond motifs is 3. The molecule has 2 unspecified atom stereocenters. The zero-order valence-corrected chi connectivity index (χ0v) is 14.2. The topological polar surface area (TPSA) is 58.4 Å². The third-order valence-electron chi connectivity index (χ3n) is 5.41. The van der Waals surface area contributed by atoms with E-state index in [1.165, 1.54) is 18.4 Å². The predicted octanol–water partition coefficient (Wildman–Crippen LogP) is 2.51. The maximum Gasteiger partial charge on any atom is 0.244 e. The van der Waals surface area contributed by atoms with Crippen LogP contribution in [-0.2, 0) is 11.2 Å². The van der Waals surface area contributed by atoms with E-state index in [-0.39, 0.29) is 11.9 Å². The molecule has 2 atom stereocenters. The summed E-state index contributed by atoms with van der Waals surface area (Å²) in [5.74, 6) is 0.536. The Balaban J connectivity index is 1.46. The normalized spacial score (nSPS) is 28.3. The van der Waals surface area contributed by atoms with Crippen LogP contribution in [0.4, 0.5) is 0 Å². The molecule has 2 bridgehead atoms. The van der Waals surface area contributed by atoms with Crippen molar-refractivity contribution in [2.45, 2.75) is 31.3 Å². The van der Waals surface area contributed by atoms with Crippen LogP contribution in [0.2, 0.25) is 0 Å². The number of carbonyl (C=O) groups is 1. The highest BCUT2D eigenvalue weighted by Crippen LogP contribution is 2.33. The number of amides is 1. The molecule has 3 aliphatic rings. The van der Waals surface area contributed by atoms with Gasteiger partial charge in [-0.1, -0.05) is 6.07 Å². The fourth-order valence-electron chi connectivity index (χ4n) is 4.14. The van der Waals surface area contributed by atoms with Gasteiger partial charge in [0.05, 0.1) is 12.5 Å². The Kier molecular flexibility index (Phi) is 4.65. The van der Waals surface area contributed by atoms with Crippen LogP contribution in [0.15, 0.2) is 53.6 Å². The van der Waals surface area contributed by atoms with Crippen molar-refractivity contribution >= 4 is 12.0 Å². The molecule has 3 aliphatic heterocycles. The number of rotatable bonds is 5. The van der Waals surface area contributed by atoms with Crippen LogP contribution >= 0.6 is 0 Å². The van der Waals surface area contributed by atoms with E-state index in [9.17, 15) is 4.79 Å². The molecule has 0 spiro atoms. The third-order valence-corrected chi connectivity index (χ3v) is 5.41. The summed E-state index contributed by atoms with van der Waals surface area (Å²) in [5.41, 5.74) is 2.13. The minimum absolute atomic E-state index is 0.0314. The number of furan rings is 1. The lowest BCUT2D eigenvalue weighted by molar-refractivity contribution is -0.119. The van der Waals surface area contributed by atoms with Crippen molar-refractivity contribution in [2.24, 2.45) is 5.92 Å². The Morgan fingerprint density at radius 2 is 2.24 bits per heavy atom. The van der Waals surface area contributed by atoms with Gasteiger partial charge >= 0.3 is 0 Å². The molecule has 3 saturated heterocycles. The summed E-state index contributed by atoms with van der Waals surface area (Å²) >= 11 is 0. The average molecular weight is 337 g/mol. The largest absolute Gasteiger partial charge is 0.472 e. The lowest BCUT2D eigenvalue weighted by atomic mass is 9.77. The molecule has 5 nitrogen and oxygen atoms in total. The number of hydrogen-bond acceptors (Lipinski definition) is 4. The van der Waals surface area contributed by atoms with Crippen molar-refractivity contribution in [2.75, 3.05) is 13.1 Å². The zero-order chi connectivity index (χ0) is 17.1. The van der Waals surface area contributed by atoms with E-state index in [1.807, 2.05) is 18.3 Å². The van der Waals surface area contributed by atoms with Crippen molar-refractivity contribution in [3.05, 3.63) is 60.3 Å². The van der Waals surface area contributed by atoms with Gasteiger partial charge in [-0.15, -0.1) is 0 Å². The van der Waals surface area contributed by atoms with Crippen LogP contribution in [0.3, 0.4) is 0 Å². The third kappa shape index (κ3) is 3.66. The highest BCUT2D eigenvalue weighted by atomic mass is 16.3. The molecule has 130 valence electrons. The zero-order valence-electron chi connectivity index (χ0n) is 14.2. The van der Waals surface area contributed by atoms with Crippen LogP contribution in [0.5, 0.6) is 0 Å². The first-order valence-electron chi connectivity index (χ1n) is 8.93. The standard InChI is InChI=1S/C20H23N3O2/c24-19(4-3-15-7-11-25-14-15)22-20-17-5-9-23(10-6-17)18(20)12-16-2-1-8-21-13-16/h1-4,7-8,11,13-14,17-18,20H,5-6,9-10,12H2,(H,22,24)/b4-3+. The molecule has 0 aromatic carbocycles. The van der Waals surface area contributed by atoms with Crippen LogP contribution in [0, 0.1) is 5.92 Å². The smallest absolute Gasteiger partial charge is 0.244 e. The number of hydrogen-bond donors (Lipinski definition) is 1. The minimum Gasteiger partial charge on any atom is -0.472 e. The Morgan fingerprint density at radius 1 is 1.36 bits per heavy atom. The summed E-state index contributed by atoms with van der Waals surface area (Å²) in [7, 11) is 0. The van der Waals surface area contributed by atoms with Gasteiger partial charge in [0.2, 0.25) is 5.91 Å². The number of carbonyl (C=O) groups excluding carboxylic acids is 1. The second kappa shape index (κ2) is 7.23. The Labute approximate surface area is 147 Å². The lowest BCUT2D eigenvalue weighted by Gasteiger charge is -2.51. The highest BCUT2D eigenvalue weighted by molar-refractivity contribution is 5.91. The van der Waals surface area contributed by atoms with Crippen molar-refractivity contribution < 1.29 is 9.21 Å². The first kappa shape index (κ1) is 16.1. The van der Waals surface area contributed by atoms with Gasteiger partial charge < -0.3 is 9.73 Å². The first-order chi connectivity index (χ1) is 12.3. The molecule has 2 aromatic rings. The van der Waals surface area contributed by atoms with Gasteiger partial charge in [0, 0.05) is 36.1 Å². The molecule has 1 N–H and O–H groups in total. The molecule has 3 fully saturated rings. The summed E-state index contributed by atoms with van der Waals surface area (Å²) in [6.07, 6.45) is 13.6. The van der Waals surface area contributed by atoms with Crippen LogP contribution in [-0.4, -0.2) is 41.0 Å². The first-order valence-corrected chi connectivity index (χ1v) is 8.93. The number of piperidine rings is 3. The second-order valence-corrected chi connectivity index (χ2v) is 6.93. The highest BCUT2D eigenvalue weighted by Gasteiger charge is 2.42. The number of nitrogens with zero attached hydrogens (tertiary/aromatic N) is 2. The Hall–Kier alpha value is -2.40. The average Bonchev–Trinajstić information content (AvgIpc) is 3.17. The number of aromatic nitrogens is 1. The predicted molar refractivity (Wildman–Crippen MR) is 95.7 cm³/mol. The van der Waals surface area contributed by atoms with Gasteiger partial charge in [0.1, 0.15) is 0 Å². The van der Waals surface area contributed by atoms with Crippen LogP contribution in [0.25, 0.3) is 6.08 Å². The van der Waals surface area contributed by atoms with E-state index in [0.29, 0.717) is 12.0 Å². The SMILES string of the molecule is O=C(/C=C/c1ccoc1)NC1C2CCN(CC2)C1Cc1cccnc1. The Morgan fingerprint density at radius 3 is 2.96 bits per heavy atom. The summed E-state index contributed by atoms with van der Waals surface area (Å²) in [4.78, 5) is 19.2. The van der Waals surface area contributed by atoms with Crippen LogP contribution < -0.4 is 5.32 Å². The van der Waals surface area contributed by atoms with Gasteiger partial charge in [-0.2, -0.15) is 0 Å². The number of nitrogens with one attached hydrogen (secondary N) is 1. The minimum atomic E-state index is -0.0314. The molecular formula is C20H23N3O2. The quantitative estimate of drug-likeness (QED) is 0.852. The lowest BCUT2D eigenvalue weighted by Crippen LogP contribution is -2.64. The summed E-state index contributed by atoms with van der Waals surface area (Å²) < 4.78 is 5.02. The maximum atomic E-state index is 12.4. The maximum absolute atomic E-state index is 12.4.